The van der Waals surface area contributed by atoms with Crippen molar-refractivity contribution in [3.8, 4) is 0 Å². The third kappa shape index (κ3) is 4.84. The first-order chi connectivity index (χ1) is 12.8. The maximum Gasteiger partial charge on any atom is 0.243 e. The second-order valence-electron chi connectivity index (χ2n) is 6.56. The highest BCUT2D eigenvalue weighted by Gasteiger charge is 2.30. The summed E-state index contributed by atoms with van der Waals surface area (Å²) in [4.78, 5) is 11.3. The summed E-state index contributed by atoms with van der Waals surface area (Å²) in [6, 6.07) is 12.2. The average Bonchev–Trinajstić information content (AvgIpc) is 2.62. The number of nitrogens with one attached hydrogen (secondary N) is 2. The number of piperidine rings is 1. The molecule has 8 heteroatoms. The maximum atomic E-state index is 13.3. The van der Waals surface area contributed by atoms with E-state index in [0.29, 0.717) is 24.5 Å². The number of amides is 1. The molecule has 0 radical (unpaired) electrons. The van der Waals surface area contributed by atoms with Crippen molar-refractivity contribution < 1.29 is 17.6 Å². The molecule has 0 aromatic heterocycles. The van der Waals surface area contributed by atoms with Gasteiger partial charge < -0.3 is 10.6 Å². The van der Waals surface area contributed by atoms with E-state index in [1.54, 1.807) is 24.3 Å². The van der Waals surface area contributed by atoms with E-state index in [0.717, 1.165) is 12.8 Å². The number of hydrogen-bond donors (Lipinski definition) is 2. The van der Waals surface area contributed by atoms with Crippen LogP contribution in [0.25, 0.3) is 0 Å². The molecular formula is C19H22FN3O3S. The second kappa shape index (κ2) is 8.06. The molecule has 1 aliphatic heterocycles. The topological polar surface area (TPSA) is 78.5 Å². The number of benzene rings is 2. The minimum Gasteiger partial charge on any atom is -0.381 e. The highest BCUT2D eigenvalue weighted by atomic mass is 32.2. The number of carbonyl (C=O) groups is 1. The molecule has 1 atom stereocenters. The van der Waals surface area contributed by atoms with Gasteiger partial charge in [-0.05, 0) is 55.3 Å². The summed E-state index contributed by atoms with van der Waals surface area (Å²) in [6.07, 6.45) is 1.53. The Bertz CT molecular complexity index is 916. The predicted molar refractivity (Wildman–Crippen MR) is 103 cm³/mol. The van der Waals surface area contributed by atoms with E-state index in [1.807, 2.05) is 0 Å². The van der Waals surface area contributed by atoms with Crippen LogP contribution in [0.5, 0.6) is 0 Å². The van der Waals surface area contributed by atoms with Crippen LogP contribution in [0.1, 0.15) is 19.8 Å². The zero-order valence-electron chi connectivity index (χ0n) is 15.0. The maximum absolute atomic E-state index is 13.3. The van der Waals surface area contributed by atoms with Crippen molar-refractivity contribution in [3.63, 3.8) is 0 Å². The Morgan fingerprint density at radius 2 is 1.89 bits per heavy atom. The van der Waals surface area contributed by atoms with Crippen LogP contribution in [0.4, 0.5) is 15.8 Å². The molecule has 2 aromatic rings. The van der Waals surface area contributed by atoms with Crippen LogP contribution < -0.4 is 10.6 Å². The van der Waals surface area contributed by atoms with Gasteiger partial charge in [-0.3, -0.25) is 4.79 Å². The Labute approximate surface area is 158 Å². The van der Waals surface area contributed by atoms with Crippen LogP contribution in [-0.2, 0) is 14.8 Å². The highest BCUT2D eigenvalue weighted by Crippen LogP contribution is 2.24. The minimum atomic E-state index is -3.63. The van der Waals surface area contributed by atoms with Crippen LogP contribution in [0.2, 0.25) is 0 Å². The van der Waals surface area contributed by atoms with Gasteiger partial charge in [0.2, 0.25) is 15.9 Å². The van der Waals surface area contributed by atoms with Crippen molar-refractivity contribution in [1.29, 1.82) is 0 Å². The van der Waals surface area contributed by atoms with E-state index < -0.39 is 10.0 Å². The Hall–Kier alpha value is -2.45. The van der Waals surface area contributed by atoms with Gasteiger partial charge in [-0.1, -0.05) is 6.07 Å². The standard InChI is InChI=1S/C19H22FN3O3S/c1-14(24)21-16-7-9-19(10-8-16)27(25,26)23-11-3-6-18(13-23)22-17-5-2-4-15(20)12-17/h2,4-5,7-10,12,18,22H,3,6,11,13H2,1H3,(H,21,24). The molecule has 0 spiro atoms. The number of anilines is 2. The van der Waals surface area contributed by atoms with Crippen molar-refractivity contribution >= 4 is 27.3 Å². The molecule has 0 bridgehead atoms. The summed E-state index contributed by atoms with van der Waals surface area (Å²) in [5.74, 6) is -0.549. The zero-order chi connectivity index (χ0) is 19.4. The lowest BCUT2D eigenvalue weighted by Gasteiger charge is -2.33. The van der Waals surface area contributed by atoms with Crippen LogP contribution in [-0.4, -0.2) is 37.8 Å². The van der Waals surface area contributed by atoms with Gasteiger partial charge in [0.05, 0.1) is 4.90 Å². The van der Waals surface area contributed by atoms with Crippen LogP contribution in [0.3, 0.4) is 0 Å². The average molecular weight is 391 g/mol. The first-order valence-corrected chi connectivity index (χ1v) is 10.2. The number of nitrogens with zero attached hydrogens (tertiary/aromatic N) is 1. The number of sulfonamides is 1. The summed E-state index contributed by atoms with van der Waals surface area (Å²) in [6.45, 7) is 2.15. The van der Waals surface area contributed by atoms with E-state index in [4.69, 9.17) is 0 Å². The lowest BCUT2D eigenvalue weighted by atomic mass is 10.1. The predicted octanol–water partition coefficient (Wildman–Crippen LogP) is 3.05. The first kappa shape index (κ1) is 19.3. The summed E-state index contributed by atoms with van der Waals surface area (Å²) in [5.41, 5.74) is 1.18. The molecule has 0 saturated carbocycles. The van der Waals surface area contributed by atoms with E-state index >= 15 is 0 Å². The number of hydrogen-bond acceptors (Lipinski definition) is 4. The van der Waals surface area contributed by atoms with E-state index in [-0.39, 0.29) is 22.7 Å². The minimum absolute atomic E-state index is 0.0889. The molecule has 0 aliphatic carbocycles. The fraction of sp³-hybridized carbons (Fsp3) is 0.316. The monoisotopic (exact) mass is 391 g/mol. The van der Waals surface area contributed by atoms with Gasteiger partial charge >= 0.3 is 0 Å². The third-order valence-electron chi connectivity index (χ3n) is 4.39. The van der Waals surface area contributed by atoms with Crippen molar-refractivity contribution in [2.75, 3.05) is 23.7 Å². The van der Waals surface area contributed by atoms with Crippen molar-refractivity contribution in [2.45, 2.75) is 30.7 Å². The molecule has 1 aliphatic rings. The molecule has 2 N–H and O–H groups in total. The molecule has 2 aromatic carbocycles. The molecule has 27 heavy (non-hydrogen) atoms. The van der Waals surface area contributed by atoms with Gasteiger partial charge in [-0.15, -0.1) is 0 Å². The van der Waals surface area contributed by atoms with Crippen molar-refractivity contribution in [3.05, 3.63) is 54.3 Å². The van der Waals surface area contributed by atoms with Crippen molar-refractivity contribution in [1.82, 2.24) is 4.31 Å². The molecule has 1 amide bonds. The SMILES string of the molecule is CC(=O)Nc1ccc(S(=O)(=O)N2CCCC(Nc3cccc(F)c3)C2)cc1. The largest absolute Gasteiger partial charge is 0.381 e. The lowest BCUT2D eigenvalue weighted by Crippen LogP contribution is -2.45. The fourth-order valence-corrected chi connectivity index (χ4v) is 4.68. The summed E-state index contributed by atoms with van der Waals surface area (Å²) in [5, 5.41) is 5.83. The molecule has 1 heterocycles. The van der Waals surface area contributed by atoms with Gasteiger partial charge in [0.1, 0.15) is 5.82 Å². The molecule has 6 nitrogen and oxygen atoms in total. The fourth-order valence-electron chi connectivity index (χ4n) is 3.16. The molecule has 1 fully saturated rings. The molecule has 1 saturated heterocycles. The Balaban J connectivity index is 1.71. The number of carbonyl (C=O) groups excluding carboxylic acids is 1. The molecule has 1 unspecified atom stereocenters. The third-order valence-corrected chi connectivity index (χ3v) is 6.27. The Morgan fingerprint density at radius 3 is 2.56 bits per heavy atom. The highest BCUT2D eigenvalue weighted by molar-refractivity contribution is 7.89. The Kier molecular flexibility index (Phi) is 5.76. The van der Waals surface area contributed by atoms with Crippen LogP contribution in [0, 0.1) is 5.82 Å². The van der Waals surface area contributed by atoms with Crippen LogP contribution >= 0.6 is 0 Å². The summed E-state index contributed by atoms with van der Waals surface area (Å²) >= 11 is 0. The van der Waals surface area contributed by atoms with E-state index in [9.17, 15) is 17.6 Å². The van der Waals surface area contributed by atoms with Crippen LogP contribution in [0.15, 0.2) is 53.4 Å². The summed E-state index contributed by atoms with van der Waals surface area (Å²) < 4.78 is 40.6. The summed E-state index contributed by atoms with van der Waals surface area (Å²) in [7, 11) is -3.63. The first-order valence-electron chi connectivity index (χ1n) is 8.74. The lowest BCUT2D eigenvalue weighted by molar-refractivity contribution is -0.114. The van der Waals surface area contributed by atoms with E-state index in [2.05, 4.69) is 10.6 Å². The molecule has 3 rings (SSSR count). The number of rotatable bonds is 5. The second-order valence-corrected chi connectivity index (χ2v) is 8.50. The Morgan fingerprint density at radius 1 is 1.15 bits per heavy atom. The van der Waals surface area contributed by atoms with Gasteiger partial charge in [-0.25, -0.2) is 12.8 Å². The van der Waals surface area contributed by atoms with Crippen molar-refractivity contribution in [2.24, 2.45) is 0 Å². The molecule has 144 valence electrons. The van der Waals surface area contributed by atoms with Gasteiger partial charge in [-0.2, -0.15) is 4.31 Å². The zero-order valence-corrected chi connectivity index (χ0v) is 15.8. The normalized spacial score (nSPS) is 18.1. The van der Waals surface area contributed by atoms with Gasteiger partial charge in [0.15, 0.2) is 0 Å². The van der Waals surface area contributed by atoms with Gasteiger partial charge in [0, 0.05) is 37.4 Å². The smallest absolute Gasteiger partial charge is 0.243 e. The van der Waals surface area contributed by atoms with Gasteiger partial charge in [0.25, 0.3) is 0 Å². The quantitative estimate of drug-likeness (QED) is 0.821. The number of halogens is 1. The van der Waals surface area contributed by atoms with E-state index in [1.165, 1.54) is 35.5 Å². The molecular weight excluding hydrogens is 369 g/mol.